The maximum absolute atomic E-state index is 10.8. The Labute approximate surface area is 145 Å². The van der Waals surface area contributed by atoms with E-state index in [-0.39, 0.29) is 5.92 Å². The van der Waals surface area contributed by atoms with E-state index in [2.05, 4.69) is 34.1 Å². The molecule has 0 saturated carbocycles. The molecule has 4 heteroatoms. The van der Waals surface area contributed by atoms with Crippen molar-refractivity contribution in [1.29, 1.82) is 0 Å². The van der Waals surface area contributed by atoms with Gasteiger partial charge in [-0.2, -0.15) is 0 Å². The highest BCUT2D eigenvalue weighted by Gasteiger charge is 2.18. The summed E-state index contributed by atoms with van der Waals surface area (Å²) in [6.07, 6.45) is 8.25. The van der Waals surface area contributed by atoms with E-state index in [9.17, 15) is 4.79 Å². The number of carbonyl (C=O) groups is 1. The second kappa shape index (κ2) is 9.07. The summed E-state index contributed by atoms with van der Waals surface area (Å²) in [5.41, 5.74) is 1.24. The third-order valence-corrected chi connectivity index (χ3v) is 5.27. The van der Waals surface area contributed by atoms with Gasteiger partial charge in [0.15, 0.2) is 0 Å². The van der Waals surface area contributed by atoms with Crippen molar-refractivity contribution in [2.75, 3.05) is 44.2 Å². The summed E-state index contributed by atoms with van der Waals surface area (Å²) in [6.45, 7) is 6.41. The monoisotopic (exact) mass is 330 g/mol. The van der Waals surface area contributed by atoms with E-state index in [1.54, 1.807) is 0 Å². The van der Waals surface area contributed by atoms with Gasteiger partial charge in [-0.05, 0) is 69.5 Å². The van der Waals surface area contributed by atoms with Crippen molar-refractivity contribution in [3.63, 3.8) is 0 Å². The molecule has 1 aromatic rings. The van der Waals surface area contributed by atoms with Gasteiger partial charge < -0.3 is 19.3 Å². The predicted molar refractivity (Wildman–Crippen MR) is 97.8 cm³/mol. The average Bonchev–Trinajstić information content (AvgIpc) is 2.67. The number of anilines is 1. The predicted octanol–water partition coefficient (Wildman–Crippen LogP) is 3.36. The zero-order valence-corrected chi connectivity index (χ0v) is 14.7. The molecule has 4 nitrogen and oxygen atoms in total. The summed E-state index contributed by atoms with van der Waals surface area (Å²) in [4.78, 5) is 15.8. The Morgan fingerprint density at radius 3 is 2.38 bits per heavy atom. The normalized spacial score (nSPS) is 20.1. The Hall–Kier alpha value is -1.55. The molecule has 2 aliphatic heterocycles. The molecule has 0 unspecified atom stereocenters. The zero-order valence-electron chi connectivity index (χ0n) is 14.7. The average molecular weight is 330 g/mol. The van der Waals surface area contributed by atoms with E-state index in [1.165, 1.54) is 38.0 Å². The number of rotatable bonds is 7. The van der Waals surface area contributed by atoms with Crippen LogP contribution in [0.25, 0.3) is 0 Å². The summed E-state index contributed by atoms with van der Waals surface area (Å²) >= 11 is 0. The fraction of sp³-hybridized carbons (Fsp3) is 0.650. The van der Waals surface area contributed by atoms with Gasteiger partial charge >= 0.3 is 0 Å². The Bertz CT molecular complexity index is 489. The lowest BCUT2D eigenvalue weighted by Gasteiger charge is -2.31. The van der Waals surface area contributed by atoms with E-state index in [4.69, 9.17) is 4.74 Å². The molecular formula is C20H30N2O2. The highest BCUT2D eigenvalue weighted by Crippen LogP contribution is 2.24. The minimum Gasteiger partial charge on any atom is -0.494 e. The molecule has 0 amide bonds. The van der Waals surface area contributed by atoms with Gasteiger partial charge in [-0.1, -0.05) is 6.42 Å². The van der Waals surface area contributed by atoms with E-state index in [1.807, 2.05) is 0 Å². The second-order valence-corrected chi connectivity index (χ2v) is 7.06. The first-order valence-corrected chi connectivity index (χ1v) is 9.50. The molecule has 0 aromatic heterocycles. The molecule has 2 saturated heterocycles. The minimum atomic E-state index is 0.253. The van der Waals surface area contributed by atoms with Crippen LogP contribution in [0, 0.1) is 5.92 Å². The summed E-state index contributed by atoms with van der Waals surface area (Å²) in [5, 5.41) is 0. The van der Waals surface area contributed by atoms with Crippen LogP contribution >= 0.6 is 0 Å². The van der Waals surface area contributed by atoms with E-state index < -0.39 is 0 Å². The van der Waals surface area contributed by atoms with Crippen LogP contribution in [0.2, 0.25) is 0 Å². The topological polar surface area (TPSA) is 32.8 Å². The molecule has 2 aliphatic rings. The largest absolute Gasteiger partial charge is 0.494 e. The quantitative estimate of drug-likeness (QED) is 0.567. The summed E-state index contributed by atoms with van der Waals surface area (Å²) in [7, 11) is 0. The molecule has 0 aliphatic carbocycles. The number of benzene rings is 1. The number of ether oxygens (including phenoxy) is 1. The third kappa shape index (κ3) is 4.97. The van der Waals surface area contributed by atoms with Crippen LogP contribution in [0.4, 0.5) is 5.69 Å². The lowest BCUT2D eigenvalue weighted by molar-refractivity contribution is -0.111. The summed E-state index contributed by atoms with van der Waals surface area (Å²) < 4.78 is 5.88. The highest BCUT2D eigenvalue weighted by molar-refractivity contribution is 5.55. The molecule has 132 valence electrons. The van der Waals surface area contributed by atoms with Gasteiger partial charge in [0, 0.05) is 31.2 Å². The Morgan fingerprint density at radius 1 is 1.00 bits per heavy atom. The van der Waals surface area contributed by atoms with Gasteiger partial charge in [-0.3, -0.25) is 0 Å². The van der Waals surface area contributed by atoms with Crippen molar-refractivity contribution in [2.24, 2.45) is 5.92 Å². The number of piperidine rings is 2. The number of likely N-dealkylation sites (tertiary alicyclic amines) is 1. The smallest absolute Gasteiger partial charge is 0.123 e. The van der Waals surface area contributed by atoms with Crippen LogP contribution in [0.1, 0.15) is 38.5 Å². The number of hydrogen-bond donors (Lipinski definition) is 0. The van der Waals surface area contributed by atoms with Gasteiger partial charge in [0.25, 0.3) is 0 Å². The van der Waals surface area contributed by atoms with Crippen molar-refractivity contribution < 1.29 is 9.53 Å². The molecular weight excluding hydrogens is 300 g/mol. The number of carbonyl (C=O) groups excluding carboxylic acids is 1. The van der Waals surface area contributed by atoms with Crippen LogP contribution in [0.15, 0.2) is 24.3 Å². The van der Waals surface area contributed by atoms with Crippen LogP contribution in [0.3, 0.4) is 0 Å². The lowest BCUT2D eigenvalue weighted by Crippen LogP contribution is -2.33. The minimum absolute atomic E-state index is 0.253. The van der Waals surface area contributed by atoms with E-state index in [0.29, 0.717) is 0 Å². The molecule has 2 fully saturated rings. The molecule has 2 heterocycles. The van der Waals surface area contributed by atoms with Gasteiger partial charge in [0.1, 0.15) is 12.0 Å². The van der Waals surface area contributed by atoms with Crippen LogP contribution in [0.5, 0.6) is 5.75 Å². The second-order valence-electron chi connectivity index (χ2n) is 7.06. The maximum atomic E-state index is 10.8. The number of nitrogens with zero attached hydrogens (tertiary/aromatic N) is 2. The van der Waals surface area contributed by atoms with Crippen molar-refractivity contribution in [3.05, 3.63) is 24.3 Å². The summed E-state index contributed by atoms with van der Waals surface area (Å²) in [6, 6.07) is 8.42. The molecule has 0 radical (unpaired) electrons. The first kappa shape index (κ1) is 17.3. The SMILES string of the molecule is O=CC1CCN(c2ccc(OCCCN3CCCCC3)cc2)CC1. The van der Waals surface area contributed by atoms with Gasteiger partial charge in [0.2, 0.25) is 0 Å². The van der Waals surface area contributed by atoms with Gasteiger partial charge in [0.05, 0.1) is 6.61 Å². The zero-order chi connectivity index (χ0) is 16.6. The first-order valence-electron chi connectivity index (χ1n) is 9.50. The van der Waals surface area contributed by atoms with Crippen LogP contribution < -0.4 is 9.64 Å². The standard InChI is InChI=1S/C20H30N2O2/c23-17-18-9-14-22(15-10-18)19-5-7-20(8-6-19)24-16-4-13-21-11-2-1-3-12-21/h5-8,17-18H,1-4,9-16H2. The van der Waals surface area contributed by atoms with Crippen molar-refractivity contribution >= 4 is 12.0 Å². The van der Waals surface area contributed by atoms with E-state index >= 15 is 0 Å². The number of hydrogen-bond acceptors (Lipinski definition) is 4. The van der Waals surface area contributed by atoms with E-state index in [0.717, 1.165) is 57.5 Å². The molecule has 0 bridgehead atoms. The van der Waals surface area contributed by atoms with Crippen molar-refractivity contribution in [3.8, 4) is 5.75 Å². The van der Waals surface area contributed by atoms with Crippen LogP contribution in [-0.4, -0.2) is 50.5 Å². The molecule has 3 rings (SSSR count). The van der Waals surface area contributed by atoms with Crippen molar-refractivity contribution in [1.82, 2.24) is 4.90 Å². The fourth-order valence-electron chi connectivity index (χ4n) is 3.71. The number of aldehydes is 1. The molecule has 0 atom stereocenters. The highest BCUT2D eigenvalue weighted by atomic mass is 16.5. The van der Waals surface area contributed by atoms with Gasteiger partial charge in [-0.15, -0.1) is 0 Å². The Morgan fingerprint density at radius 2 is 1.71 bits per heavy atom. The third-order valence-electron chi connectivity index (χ3n) is 5.27. The molecule has 24 heavy (non-hydrogen) atoms. The Kier molecular flexibility index (Phi) is 6.53. The fourth-order valence-corrected chi connectivity index (χ4v) is 3.71. The first-order chi connectivity index (χ1) is 11.8. The molecule has 1 aromatic carbocycles. The molecule has 0 spiro atoms. The van der Waals surface area contributed by atoms with Crippen LogP contribution in [-0.2, 0) is 4.79 Å². The van der Waals surface area contributed by atoms with Gasteiger partial charge in [-0.25, -0.2) is 0 Å². The Balaban J connectivity index is 1.37. The lowest BCUT2D eigenvalue weighted by atomic mass is 9.98. The summed E-state index contributed by atoms with van der Waals surface area (Å²) in [5.74, 6) is 1.21. The maximum Gasteiger partial charge on any atom is 0.123 e. The molecule has 0 N–H and O–H groups in total. The van der Waals surface area contributed by atoms with Crippen molar-refractivity contribution in [2.45, 2.75) is 38.5 Å².